The van der Waals surface area contributed by atoms with Crippen LogP contribution in [0.15, 0.2) is 95.6 Å². The van der Waals surface area contributed by atoms with Gasteiger partial charge in [-0.2, -0.15) is 11.1 Å². The molecular formula is C30H32Cl2SiZr-2. The van der Waals surface area contributed by atoms with Crippen LogP contribution in [0.1, 0.15) is 27.7 Å². The molecule has 0 bridgehead atoms. The summed E-state index contributed by atoms with van der Waals surface area (Å²) < 4.78 is 0. The number of hydrogen-bond donors (Lipinski definition) is 0. The van der Waals surface area contributed by atoms with Crippen LogP contribution in [0.5, 0.6) is 0 Å². The topological polar surface area (TPSA) is 0 Å². The van der Waals surface area contributed by atoms with E-state index in [4.69, 9.17) is 0 Å². The maximum Gasteiger partial charge on any atom is -0.0184 e. The van der Waals surface area contributed by atoms with E-state index in [1.54, 1.807) is 23.3 Å². The fourth-order valence-electron chi connectivity index (χ4n) is 3.92. The maximum atomic E-state index is 3.36. The zero-order valence-electron chi connectivity index (χ0n) is 20.8. The molecule has 1 unspecified atom stereocenters. The van der Waals surface area contributed by atoms with Gasteiger partial charge in [0.05, 0.1) is 0 Å². The Morgan fingerprint density at radius 3 is 2.00 bits per heavy atom. The fraction of sp³-hybridized carbons (Fsp3) is 0.233. The van der Waals surface area contributed by atoms with E-state index in [1.807, 2.05) is 0 Å². The van der Waals surface area contributed by atoms with E-state index in [2.05, 4.69) is 126 Å². The first-order valence-electron chi connectivity index (χ1n) is 11.2. The van der Waals surface area contributed by atoms with Gasteiger partial charge in [0.2, 0.25) is 0 Å². The van der Waals surface area contributed by atoms with Crippen molar-refractivity contribution in [2.75, 3.05) is 0 Å². The molecule has 0 spiro atoms. The van der Waals surface area contributed by atoms with Crippen LogP contribution in [0, 0.1) is 12.0 Å². The Labute approximate surface area is 233 Å². The zero-order chi connectivity index (χ0) is 23.3. The Bertz CT molecular complexity index is 1310. The number of hydrogen-bond acceptors (Lipinski definition) is 0. The molecule has 0 saturated carbocycles. The monoisotopic (exact) mass is 580 g/mol. The molecule has 1 atom stereocenters. The SMILES string of the molecule is CC1=[C-]C(C)C(C)=C1C.C[Si](C)=[Zr+2].[Cl-].[Cl-].c1ccc2cc(-c3c[cH-]c4ccccc34)ccc2c1. The Morgan fingerprint density at radius 2 is 1.44 bits per heavy atom. The van der Waals surface area contributed by atoms with E-state index in [1.165, 1.54) is 49.4 Å². The van der Waals surface area contributed by atoms with Gasteiger partial charge in [0.15, 0.2) is 0 Å². The van der Waals surface area contributed by atoms with Crippen molar-refractivity contribution >= 4 is 27.0 Å². The van der Waals surface area contributed by atoms with Crippen molar-refractivity contribution in [1.82, 2.24) is 0 Å². The second kappa shape index (κ2) is 14.3. The van der Waals surface area contributed by atoms with Crippen LogP contribution in [0.4, 0.5) is 0 Å². The van der Waals surface area contributed by atoms with Gasteiger partial charge in [-0.25, -0.2) is 5.57 Å². The zero-order valence-corrected chi connectivity index (χ0v) is 25.8. The van der Waals surface area contributed by atoms with Gasteiger partial charge in [-0.15, -0.1) is 53.6 Å². The standard InChI is InChI=1S/C19H13.C9H13.C2H6Si.2ClH.Zr/c1-2-7-16-13-17(10-9-14(16)5-1)19-12-11-15-6-3-4-8-18(15)19;1-6-5-7(2)9(4)8(6)3;1-3-2;;;/h1-13H;6H,1-4H3;1-2H3;2*1H;/q2*-1;;;;+2/p-2. The molecular weight excluding hydrogens is 551 g/mol. The van der Waals surface area contributed by atoms with Crippen LogP contribution in [-0.2, 0) is 23.3 Å². The minimum Gasteiger partial charge on any atom is -1.00 e. The van der Waals surface area contributed by atoms with E-state index in [0.29, 0.717) is 5.92 Å². The average Bonchev–Trinajstić information content (AvgIpc) is 3.30. The molecule has 4 aromatic rings. The number of halogens is 2. The molecule has 34 heavy (non-hydrogen) atoms. The summed E-state index contributed by atoms with van der Waals surface area (Å²) in [5, 5.41) is 5.23. The van der Waals surface area contributed by atoms with Gasteiger partial charge in [0, 0.05) is 0 Å². The van der Waals surface area contributed by atoms with Crippen LogP contribution in [-0.4, -0.2) is 5.43 Å². The summed E-state index contributed by atoms with van der Waals surface area (Å²) in [6, 6.07) is 28.2. The third-order valence-electron chi connectivity index (χ3n) is 5.98. The Kier molecular flexibility index (Phi) is 12.9. The molecule has 4 aromatic carbocycles. The fourth-order valence-corrected chi connectivity index (χ4v) is 3.92. The van der Waals surface area contributed by atoms with Crippen molar-refractivity contribution in [3.8, 4) is 11.1 Å². The Morgan fingerprint density at radius 1 is 0.853 bits per heavy atom. The van der Waals surface area contributed by atoms with E-state index in [0.717, 1.165) is 0 Å². The number of rotatable bonds is 1. The molecule has 1 aliphatic rings. The third-order valence-corrected chi connectivity index (χ3v) is 5.98. The molecule has 1 aliphatic carbocycles. The van der Waals surface area contributed by atoms with Crippen LogP contribution in [0.2, 0.25) is 13.1 Å². The summed E-state index contributed by atoms with van der Waals surface area (Å²) in [5.74, 6) is 0.560. The molecule has 0 heterocycles. The van der Waals surface area contributed by atoms with Crippen molar-refractivity contribution < 1.29 is 48.1 Å². The third kappa shape index (κ3) is 7.85. The molecule has 0 radical (unpaired) electrons. The molecule has 176 valence electrons. The largest absolute Gasteiger partial charge is 1.00 e. The maximum absolute atomic E-state index is 3.36. The predicted octanol–water partition coefficient (Wildman–Crippen LogP) is 2.89. The van der Waals surface area contributed by atoms with E-state index in [9.17, 15) is 0 Å². The first-order chi connectivity index (χ1) is 15.3. The minimum absolute atomic E-state index is 0. The van der Waals surface area contributed by atoms with Crippen LogP contribution < -0.4 is 24.8 Å². The summed E-state index contributed by atoms with van der Waals surface area (Å²) >= 11 is 1.74. The molecule has 0 N–H and O–H groups in total. The van der Waals surface area contributed by atoms with Crippen molar-refractivity contribution in [3.63, 3.8) is 0 Å². The summed E-state index contributed by atoms with van der Waals surface area (Å²) in [4.78, 5) is 0. The first kappa shape index (κ1) is 30.7. The second-order valence-corrected chi connectivity index (χ2v) is 18.1. The minimum atomic E-state index is 0. The molecule has 5 rings (SSSR count). The summed E-state index contributed by atoms with van der Waals surface area (Å²) in [7, 11) is 0. The average molecular weight is 583 g/mol. The number of benzene rings is 3. The molecule has 0 aliphatic heterocycles. The molecule has 0 aromatic heterocycles. The molecule has 0 amide bonds. The van der Waals surface area contributed by atoms with Gasteiger partial charge < -0.3 is 24.8 Å². The van der Waals surface area contributed by atoms with Gasteiger partial charge in [-0.1, -0.05) is 80.8 Å². The molecule has 4 heteroatoms. The van der Waals surface area contributed by atoms with E-state index in [-0.39, 0.29) is 30.2 Å². The molecule has 0 nitrogen and oxygen atoms in total. The van der Waals surface area contributed by atoms with E-state index < -0.39 is 0 Å². The van der Waals surface area contributed by atoms with Gasteiger partial charge in [0.1, 0.15) is 0 Å². The van der Waals surface area contributed by atoms with E-state index >= 15 is 0 Å². The van der Waals surface area contributed by atoms with Gasteiger partial charge in [-0.3, -0.25) is 6.08 Å². The summed E-state index contributed by atoms with van der Waals surface area (Å²) in [6.07, 6.45) is 3.36. The molecule has 0 fully saturated rings. The van der Waals surface area contributed by atoms with Crippen LogP contribution >= 0.6 is 0 Å². The number of fused-ring (bicyclic) bond motifs is 2. The van der Waals surface area contributed by atoms with Crippen molar-refractivity contribution in [2.24, 2.45) is 5.92 Å². The predicted molar refractivity (Wildman–Crippen MR) is 140 cm³/mol. The smallest absolute Gasteiger partial charge is 0.0184 e. The van der Waals surface area contributed by atoms with Crippen molar-refractivity contribution in [3.05, 3.63) is 102 Å². The van der Waals surface area contributed by atoms with Crippen molar-refractivity contribution in [1.29, 1.82) is 0 Å². The molecule has 0 saturated heterocycles. The van der Waals surface area contributed by atoms with Crippen LogP contribution in [0.25, 0.3) is 32.7 Å². The van der Waals surface area contributed by atoms with Gasteiger partial charge >= 0.3 is 41.9 Å². The first-order valence-corrected chi connectivity index (χ1v) is 17.4. The second-order valence-electron chi connectivity index (χ2n) is 8.70. The quantitative estimate of drug-likeness (QED) is 0.239. The number of allylic oxidation sites excluding steroid dienone is 4. The summed E-state index contributed by atoms with van der Waals surface area (Å²) in [6.45, 7) is 13.3. The Hall–Kier alpha value is -1.31. The van der Waals surface area contributed by atoms with Crippen LogP contribution in [0.3, 0.4) is 0 Å². The van der Waals surface area contributed by atoms with Gasteiger partial charge in [0.25, 0.3) is 0 Å². The normalized spacial score (nSPS) is 14.2. The summed E-state index contributed by atoms with van der Waals surface area (Å²) in [5.41, 5.74) is 7.07. The van der Waals surface area contributed by atoms with Crippen molar-refractivity contribution in [2.45, 2.75) is 40.8 Å². The van der Waals surface area contributed by atoms with Gasteiger partial charge in [-0.05, 0) is 10.8 Å². The Balaban J connectivity index is 0.000000328.